The predicted molar refractivity (Wildman–Crippen MR) is 139 cm³/mol. The fourth-order valence-corrected chi connectivity index (χ4v) is 4.76. The summed E-state index contributed by atoms with van der Waals surface area (Å²) in [6.45, 7) is 5.36. The highest BCUT2D eigenvalue weighted by Gasteiger charge is 2.25. The minimum Gasteiger partial charge on any atom is -0.341 e. The van der Waals surface area contributed by atoms with Gasteiger partial charge >= 0.3 is 0 Å². The van der Waals surface area contributed by atoms with Crippen LogP contribution in [0.25, 0.3) is 0 Å². The van der Waals surface area contributed by atoms with E-state index in [1.54, 1.807) is 4.90 Å². The average molecular weight is 512 g/mol. The normalized spacial score (nSPS) is 15.5. The van der Waals surface area contributed by atoms with E-state index in [9.17, 15) is 9.59 Å². The maximum Gasteiger partial charge on any atom is 0.253 e. The van der Waals surface area contributed by atoms with E-state index in [-0.39, 0.29) is 30.2 Å². The zero-order chi connectivity index (χ0) is 23.1. The summed E-state index contributed by atoms with van der Waals surface area (Å²) in [5.41, 5.74) is 1.77. The van der Waals surface area contributed by atoms with Gasteiger partial charge in [-0.05, 0) is 68.7 Å². The van der Waals surface area contributed by atoms with E-state index in [1.807, 2.05) is 62.5 Å². The quantitative estimate of drug-likeness (QED) is 0.394. The van der Waals surface area contributed by atoms with Crippen molar-refractivity contribution in [1.82, 2.24) is 9.80 Å². The number of amides is 1. The Hall–Kier alpha value is -1.59. The minimum atomic E-state index is 0. The Balaban J connectivity index is 0.00000385. The molecule has 2 aromatic carbocycles. The van der Waals surface area contributed by atoms with E-state index in [4.69, 9.17) is 23.2 Å². The first-order chi connectivity index (χ1) is 15.4. The molecule has 4 nitrogen and oxygen atoms in total. The molecule has 7 heteroatoms. The predicted octanol–water partition coefficient (Wildman–Crippen LogP) is 6.35. The lowest BCUT2D eigenvalue weighted by Gasteiger charge is -2.33. The van der Waals surface area contributed by atoms with E-state index in [0.29, 0.717) is 34.4 Å². The molecule has 1 aliphatic heterocycles. The first-order valence-electron chi connectivity index (χ1n) is 11.4. The van der Waals surface area contributed by atoms with Crippen LogP contribution in [0.3, 0.4) is 0 Å². The van der Waals surface area contributed by atoms with E-state index in [2.05, 4.69) is 4.90 Å². The molecular formula is C26H33Cl3N2O2. The third-order valence-corrected chi connectivity index (χ3v) is 7.20. The number of likely N-dealkylation sites (tertiary alicyclic amines) is 1. The van der Waals surface area contributed by atoms with Crippen molar-refractivity contribution in [3.05, 3.63) is 69.7 Å². The summed E-state index contributed by atoms with van der Waals surface area (Å²) in [4.78, 5) is 29.1. The number of nitrogens with zero attached hydrogens (tertiary/aromatic N) is 2. The Morgan fingerprint density at radius 3 is 2.33 bits per heavy atom. The number of carbonyl (C=O) groups excluding carboxylic acids is 2. The second-order valence-electron chi connectivity index (χ2n) is 8.65. The summed E-state index contributed by atoms with van der Waals surface area (Å²) in [7, 11) is 1.85. The molecule has 2 aromatic rings. The second kappa shape index (κ2) is 13.3. The molecule has 0 spiro atoms. The summed E-state index contributed by atoms with van der Waals surface area (Å²) < 4.78 is 0. The number of benzene rings is 2. The van der Waals surface area contributed by atoms with Gasteiger partial charge in [-0.1, -0.05) is 54.4 Å². The number of hydrogen-bond acceptors (Lipinski definition) is 3. The molecule has 1 amide bonds. The molecule has 1 heterocycles. The zero-order valence-corrected chi connectivity index (χ0v) is 21.6. The lowest BCUT2D eigenvalue weighted by molar-refractivity contribution is -0.123. The number of rotatable bonds is 9. The lowest BCUT2D eigenvalue weighted by Crippen LogP contribution is -2.38. The van der Waals surface area contributed by atoms with Crippen molar-refractivity contribution >= 4 is 47.3 Å². The molecule has 0 aromatic heterocycles. The van der Waals surface area contributed by atoms with Gasteiger partial charge in [-0.25, -0.2) is 0 Å². The van der Waals surface area contributed by atoms with Crippen LogP contribution in [-0.4, -0.2) is 54.7 Å². The number of Topliss-reactive ketones (excluding diaryl/α,β-unsaturated/α-hetero) is 1. The Morgan fingerprint density at radius 1 is 1.06 bits per heavy atom. The van der Waals surface area contributed by atoms with Crippen LogP contribution in [0.2, 0.25) is 10.0 Å². The highest BCUT2D eigenvalue weighted by Crippen LogP contribution is 2.30. The first-order valence-corrected chi connectivity index (χ1v) is 12.1. The molecule has 0 aliphatic carbocycles. The van der Waals surface area contributed by atoms with Crippen LogP contribution in [0, 0.1) is 5.92 Å². The highest BCUT2D eigenvalue weighted by atomic mass is 35.5. The summed E-state index contributed by atoms with van der Waals surface area (Å²) in [5, 5.41) is 1.07. The molecule has 0 N–H and O–H groups in total. The number of carbonyl (C=O) groups is 2. The standard InChI is InChI=1S/C26H32Cl2N2O2.ClH/c1-3-25(31)19-11-14-30(15-12-19)16-13-22(21-9-10-23(27)24(28)17-21)18-29(2)26(32)20-7-5-4-6-8-20;/h4-10,17,19,22H,3,11-16,18H2,1-2H3;1H. The number of likely N-dealkylation sites (N-methyl/N-ethyl adjacent to an activating group) is 1. The SMILES string of the molecule is CCC(=O)C1CCN(CCC(CN(C)C(=O)c2ccccc2)c2ccc(Cl)c(Cl)c2)CC1.Cl. The van der Waals surface area contributed by atoms with E-state index in [0.717, 1.165) is 44.5 Å². The van der Waals surface area contributed by atoms with Gasteiger partial charge in [-0.2, -0.15) is 0 Å². The van der Waals surface area contributed by atoms with Gasteiger partial charge in [0.25, 0.3) is 5.91 Å². The van der Waals surface area contributed by atoms with Gasteiger partial charge in [-0.15, -0.1) is 12.4 Å². The number of halogens is 3. The van der Waals surface area contributed by atoms with Gasteiger partial charge in [0.2, 0.25) is 0 Å². The molecule has 1 aliphatic rings. The molecule has 1 saturated heterocycles. The van der Waals surface area contributed by atoms with Gasteiger partial charge < -0.3 is 9.80 Å². The third-order valence-electron chi connectivity index (χ3n) is 6.46. The van der Waals surface area contributed by atoms with Gasteiger partial charge in [-0.3, -0.25) is 9.59 Å². The van der Waals surface area contributed by atoms with Crippen LogP contribution < -0.4 is 0 Å². The topological polar surface area (TPSA) is 40.6 Å². The number of piperidine rings is 1. The summed E-state index contributed by atoms with van der Waals surface area (Å²) in [5.74, 6) is 0.753. The monoisotopic (exact) mass is 510 g/mol. The maximum absolute atomic E-state index is 12.9. The molecular weight excluding hydrogens is 479 g/mol. The van der Waals surface area contributed by atoms with Crippen molar-refractivity contribution < 1.29 is 9.59 Å². The van der Waals surface area contributed by atoms with Crippen LogP contribution in [0.4, 0.5) is 0 Å². The number of ketones is 1. The molecule has 180 valence electrons. The summed E-state index contributed by atoms with van der Waals surface area (Å²) in [6.07, 6.45) is 3.41. The van der Waals surface area contributed by atoms with E-state index in [1.165, 1.54) is 0 Å². The van der Waals surface area contributed by atoms with Gasteiger partial charge in [0.1, 0.15) is 5.78 Å². The summed E-state index contributed by atoms with van der Waals surface area (Å²) >= 11 is 12.4. The van der Waals surface area contributed by atoms with Gasteiger partial charge in [0, 0.05) is 37.4 Å². The van der Waals surface area contributed by atoms with Crippen molar-refractivity contribution in [2.24, 2.45) is 5.92 Å². The minimum absolute atomic E-state index is 0. The Labute approximate surface area is 213 Å². The van der Waals surface area contributed by atoms with Crippen molar-refractivity contribution in [1.29, 1.82) is 0 Å². The molecule has 3 rings (SSSR count). The molecule has 1 unspecified atom stereocenters. The molecule has 1 atom stereocenters. The Kier molecular flexibility index (Phi) is 11.2. The van der Waals surface area contributed by atoms with Crippen molar-refractivity contribution in [3.63, 3.8) is 0 Å². The van der Waals surface area contributed by atoms with Crippen LogP contribution in [0.5, 0.6) is 0 Å². The van der Waals surface area contributed by atoms with Gasteiger partial charge in [0.05, 0.1) is 10.0 Å². The Bertz CT molecular complexity index is 915. The van der Waals surface area contributed by atoms with Crippen molar-refractivity contribution in [2.75, 3.05) is 33.2 Å². The van der Waals surface area contributed by atoms with E-state index < -0.39 is 0 Å². The Morgan fingerprint density at radius 2 is 1.73 bits per heavy atom. The molecule has 0 bridgehead atoms. The second-order valence-corrected chi connectivity index (χ2v) is 9.46. The van der Waals surface area contributed by atoms with E-state index >= 15 is 0 Å². The fraction of sp³-hybridized carbons (Fsp3) is 0.462. The molecule has 0 radical (unpaired) electrons. The fourth-order valence-electron chi connectivity index (χ4n) is 4.45. The van der Waals surface area contributed by atoms with Crippen LogP contribution in [0.15, 0.2) is 48.5 Å². The smallest absolute Gasteiger partial charge is 0.253 e. The van der Waals surface area contributed by atoms with Crippen LogP contribution in [-0.2, 0) is 4.79 Å². The maximum atomic E-state index is 12.9. The molecule has 1 fully saturated rings. The zero-order valence-electron chi connectivity index (χ0n) is 19.3. The first kappa shape index (κ1) is 27.7. The van der Waals surface area contributed by atoms with Crippen LogP contribution >= 0.6 is 35.6 Å². The van der Waals surface area contributed by atoms with Crippen molar-refractivity contribution in [3.8, 4) is 0 Å². The summed E-state index contributed by atoms with van der Waals surface area (Å²) in [6, 6.07) is 15.1. The largest absolute Gasteiger partial charge is 0.341 e. The van der Waals surface area contributed by atoms with Crippen molar-refractivity contribution in [2.45, 2.75) is 38.5 Å². The molecule has 0 saturated carbocycles. The van der Waals surface area contributed by atoms with Gasteiger partial charge in [0.15, 0.2) is 0 Å². The lowest BCUT2D eigenvalue weighted by atomic mass is 9.90. The third kappa shape index (κ3) is 7.71. The van der Waals surface area contributed by atoms with Crippen LogP contribution in [0.1, 0.15) is 54.4 Å². The number of hydrogen-bond donors (Lipinski definition) is 0. The molecule has 33 heavy (non-hydrogen) atoms. The highest BCUT2D eigenvalue weighted by molar-refractivity contribution is 6.42. The average Bonchev–Trinajstić information content (AvgIpc) is 2.83.